The molecule has 0 rings (SSSR count). The fraction of sp³-hybridized carbons (Fsp3) is 0.875. The van der Waals surface area contributed by atoms with E-state index in [4.69, 9.17) is 5.11 Å². The Morgan fingerprint density at radius 2 is 2.00 bits per heavy atom. The van der Waals surface area contributed by atoms with Crippen LogP contribution >= 0.6 is 0 Å². The van der Waals surface area contributed by atoms with Crippen molar-refractivity contribution in [3.63, 3.8) is 0 Å². The summed E-state index contributed by atoms with van der Waals surface area (Å²) in [5.41, 5.74) is 0. The summed E-state index contributed by atoms with van der Waals surface area (Å²) in [5, 5.41) is 8.54. The van der Waals surface area contributed by atoms with Crippen LogP contribution < -0.4 is 0 Å². The lowest BCUT2D eigenvalue weighted by atomic mass is 10.3. The second kappa shape index (κ2) is 10.2. The highest BCUT2D eigenvalue weighted by atomic mass is 16.7. The minimum Gasteiger partial charge on any atom is -0.438 e. The second-order valence-electron chi connectivity index (χ2n) is 1.78. The van der Waals surface area contributed by atoms with Crippen molar-refractivity contribution in [2.45, 2.75) is 34.3 Å². The van der Waals surface area contributed by atoms with Crippen molar-refractivity contribution in [1.29, 1.82) is 0 Å². The Morgan fingerprint density at radius 1 is 1.50 bits per heavy atom. The second-order valence-corrected chi connectivity index (χ2v) is 1.78. The van der Waals surface area contributed by atoms with E-state index in [1.165, 1.54) is 7.11 Å². The van der Waals surface area contributed by atoms with Crippen LogP contribution in [-0.4, -0.2) is 31.1 Å². The highest BCUT2D eigenvalue weighted by molar-refractivity contribution is 5.59. The van der Waals surface area contributed by atoms with E-state index in [2.05, 4.69) is 9.47 Å². The lowest BCUT2D eigenvalue weighted by Crippen LogP contribution is -2.20. The van der Waals surface area contributed by atoms with Crippen LogP contribution in [0.5, 0.6) is 0 Å². The maximum Gasteiger partial charge on any atom is 0.508 e. The number of ether oxygens (including phenoxy) is 2. The number of aliphatic hydroxyl groups excluding tert-OH is 1. The predicted molar refractivity (Wildman–Crippen MR) is 48.1 cm³/mol. The van der Waals surface area contributed by atoms with Crippen LogP contribution in [0.2, 0.25) is 0 Å². The molecule has 0 bridgehead atoms. The number of aliphatic hydroxyl groups is 1. The minimum atomic E-state index is -0.749. The number of carbonyl (C=O) groups is 1. The Balaban J connectivity index is -0.000000405. The van der Waals surface area contributed by atoms with Gasteiger partial charge in [-0.15, -0.1) is 0 Å². The van der Waals surface area contributed by atoms with Gasteiger partial charge in [0.2, 0.25) is 0 Å². The van der Waals surface area contributed by atoms with Crippen molar-refractivity contribution in [2.24, 2.45) is 0 Å². The first-order valence-corrected chi connectivity index (χ1v) is 3.10. The molecule has 1 unspecified atom stereocenters. The van der Waals surface area contributed by atoms with Crippen LogP contribution in [0.25, 0.3) is 0 Å². The lowest BCUT2D eigenvalue weighted by molar-refractivity contribution is 0.0118. The van der Waals surface area contributed by atoms with Crippen molar-refractivity contribution in [3.05, 3.63) is 0 Å². The number of hydrogen-bond acceptors (Lipinski definition) is 4. The van der Waals surface area contributed by atoms with E-state index in [1.54, 1.807) is 0 Å². The van der Waals surface area contributed by atoms with Gasteiger partial charge in [0, 0.05) is 0 Å². The van der Waals surface area contributed by atoms with Gasteiger partial charge < -0.3 is 14.6 Å². The van der Waals surface area contributed by atoms with Gasteiger partial charge >= 0.3 is 6.16 Å². The van der Waals surface area contributed by atoms with Crippen LogP contribution in [-0.2, 0) is 9.47 Å². The minimum absolute atomic E-state index is 0. The summed E-state index contributed by atoms with van der Waals surface area (Å²) in [6, 6.07) is 0. The van der Waals surface area contributed by atoms with E-state index in [0.717, 1.165) is 0 Å². The molecular weight excluding hydrogens is 160 g/mol. The molecule has 4 nitrogen and oxygen atoms in total. The maximum absolute atomic E-state index is 10.4. The van der Waals surface area contributed by atoms with Crippen molar-refractivity contribution in [2.75, 3.05) is 13.7 Å². The van der Waals surface area contributed by atoms with Gasteiger partial charge in [0.1, 0.15) is 6.10 Å². The van der Waals surface area contributed by atoms with E-state index < -0.39 is 12.3 Å². The number of hydrogen-bond donors (Lipinski definition) is 1. The molecule has 0 aromatic rings. The summed E-state index contributed by atoms with van der Waals surface area (Å²) in [6.45, 7) is 1.65. The normalized spacial score (nSPS) is 10.2. The van der Waals surface area contributed by atoms with Gasteiger partial charge in [0.25, 0.3) is 0 Å². The molecule has 1 atom stereocenters. The lowest BCUT2D eigenvalue weighted by Gasteiger charge is -2.10. The maximum atomic E-state index is 10.4. The van der Waals surface area contributed by atoms with Crippen LogP contribution in [0.3, 0.4) is 0 Å². The van der Waals surface area contributed by atoms with E-state index in [0.29, 0.717) is 6.42 Å². The van der Waals surface area contributed by atoms with Gasteiger partial charge in [-0.1, -0.05) is 21.8 Å². The first-order chi connectivity index (χ1) is 4.74. The summed E-state index contributed by atoms with van der Waals surface area (Å²) >= 11 is 0. The molecule has 0 aliphatic carbocycles. The van der Waals surface area contributed by atoms with Crippen LogP contribution in [0.1, 0.15) is 28.2 Å². The largest absolute Gasteiger partial charge is 0.508 e. The van der Waals surface area contributed by atoms with Crippen LogP contribution in [0.4, 0.5) is 4.79 Å². The number of rotatable bonds is 3. The number of methoxy groups -OCH3 is 1. The molecule has 4 heteroatoms. The van der Waals surface area contributed by atoms with Crippen LogP contribution in [0.15, 0.2) is 0 Å². The Kier molecular flexibility index (Phi) is 14.8. The Hall–Kier alpha value is -0.770. The SMILES string of the molecule is C.C.CCC(CO)OC(=O)OC. The first-order valence-electron chi connectivity index (χ1n) is 3.10. The van der Waals surface area contributed by atoms with Crippen molar-refractivity contribution >= 4 is 6.16 Å². The van der Waals surface area contributed by atoms with Gasteiger partial charge in [-0.3, -0.25) is 0 Å². The molecular formula is C8H20O4. The summed E-state index contributed by atoms with van der Waals surface area (Å²) < 4.78 is 8.80. The molecule has 76 valence electrons. The fourth-order valence-electron chi connectivity index (χ4n) is 0.434. The average molecular weight is 180 g/mol. The molecule has 0 heterocycles. The van der Waals surface area contributed by atoms with E-state index >= 15 is 0 Å². The topological polar surface area (TPSA) is 55.8 Å². The molecule has 1 N–H and O–H groups in total. The molecule has 0 amide bonds. The monoisotopic (exact) mass is 180 g/mol. The summed E-state index contributed by atoms with van der Waals surface area (Å²) in [4.78, 5) is 10.4. The van der Waals surface area contributed by atoms with E-state index in [9.17, 15) is 4.79 Å². The first kappa shape index (κ1) is 17.4. The molecule has 0 aliphatic rings. The van der Waals surface area contributed by atoms with Gasteiger partial charge in [0.15, 0.2) is 0 Å². The molecule has 0 aromatic heterocycles. The zero-order valence-corrected chi connectivity index (χ0v) is 6.16. The Bertz CT molecular complexity index is 99.2. The van der Waals surface area contributed by atoms with Gasteiger partial charge in [-0.25, -0.2) is 4.79 Å². The smallest absolute Gasteiger partial charge is 0.438 e. The fourth-order valence-corrected chi connectivity index (χ4v) is 0.434. The third kappa shape index (κ3) is 7.34. The van der Waals surface area contributed by atoms with Crippen molar-refractivity contribution in [1.82, 2.24) is 0 Å². The number of carbonyl (C=O) groups excluding carboxylic acids is 1. The van der Waals surface area contributed by atoms with E-state index in [1.807, 2.05) is 6.92 Å². The zero-order chi connectivity index (χ0) is 7.98. The van der Waals surface area contributed by atoms with Gasteiger partial charge in [0.05, 0.1) is 13.7 Å². The van der Waals surface area contributed by atoms with E-state index in [-0.39, 0.29) is 21.5 Å². The molecule has 12 heavy (non-hydrogen) atoms. The van der Waals surface area contributed by atoms with Crippen molar-refractivity contribution < 1.29 is 19.4 Å². The Morgan fingerprint density at radius 3 is 2.25 bits per heavy atom. The molecule has 0 saturated carbocycles. The standard InChI is InChI=1S/C6H12O4.2CH4/c1-3-5(4-7)10-6(8)9-2;;/h5,7H,3-4H2,1-2H3;2*1H4. The van der Waals surface area contributed by atoms with Crippen LogP contribution in [0, 0.1) is 0 Å². The third-order valence-corrected chi connectivity index (χ3v) is 1.09. The molecule has 0 saturated heterocycles. The molecule has 0 fully saturated rings. The zero-order valence-electron chi connectivity index (χ0n) is 6.16. The molecule has 0 aromatic carbocycles. The summed E-state index contributed by atoms with van der Waals surface area (Å²) in [5.74, 6) is 0. The van der Waals surface area contributed by atoms with Gasteiger partial charge in [-0.05, 0) is 6.42 Å². The predicted octanol–water partition coefficient (Wildman–Crippen LogP) is 1.81. The van der Waals surface area contributed by atoms with Gasteiger partial charge in [-0.2, -0.15) is 0 Å². The Labute approximate surface area is 74.5 Å². The summed E-state index contributed by atoms with van der Waals surface area (Å²) in [6.07, 6.45) is -0.598. The highest BCUT2D eigenvalue weighted by Gasteiger charge is 2.09. The highest BCUT2D eigenvalue weighted by Crippen LogP contribution is 1.97. The quantitative estimate of drug-likeness (QED) is 0.673. The summed E-state index contributed by atoms with van der Waals surface area (Å²) in [7, 11) is 1.23. The molecule has 0 radical (unpaired) electrons. The van der Waals surface area contributed by atoms with Crippen molar-refractivity contribution in [3.8, 4) is 0 Å². The molecule has 0 aliphatic heterocycles. The third-order valence-electron chi connectivity index (χ3n) is 1.09. The molecule has 0 spiro atoms. The average Bonchev–Trinajstić information content (AvgIpc) is 1.99.